The molecule has 1 rings (SSSR count). The van der Waals surface area contributed by atoms with Crippen LogP contribution in [0.5, 0.6) is 0 Å². The van der Waals surface area contributed by atoms with Gasteiger partial charge in [0.1, 0.15) is 0 Å². The lowest BCUT2D eigenvalue weighted by Crippen LogP contribution is -2.45. The predicted octanol–water partition coefficient (Wildman–Crippen LogP) is 0.162. The van der Waals surface area contributed by atoms with Crippen molar-refractivity contribution in [2.45, 2.75) is 6.04 Å². The molecule has 1 atom stereocenters. The number of nitrogens with one attached hydrogen (secondary N) is 2. The molecule has 0 fully saturated rings. The number of anilines is 1. The Balaban J connectivity index is 2.69. The summed E-state index contributed by atoms with van der Waals surface area (Å²) in [6, 6.07) is 2.81. The fourth-order valence-electron chi connectivity index (χ4n) is 1.21. The number of nitrogens with zero attached hydrogens (tertiary/aromatic N) is 1. The van der Waals surface area contributed by atoms with Gasteiger partial charge in [-0.2, -0.15) is 0 Å². The van der Waals surface area contributed by atoms with Crippen LogP contribution in [0.3, 0.4) is 0 Å². The summed E-state index contributed by atoms with van der Waals surface area (Å²) in [4.78, 5) is 31.9. The molecule has 102 valence electrons. The van der Waals surface area contributed by atoms with Crippen molar-refractivity contribution in [2.75, 3.05) is 11.9 Å². The SMILES string of the molecule is O=C(Nc1cccc([N+](=O)[O-])c1)NC(CO)C(=O)O. The third-order valence-electron chi connectivity index (χ3n) is 2.10. The molecule has 19 heavy (non-hydrogen) atoms. The molecule has 0 aromatic heterocycles. The Bertz CT molecular complexity index is 504. The Morgan fingerprint density at radius 1 is 1.42 bits per heavy atom. The Hall–Kier alpha value is -2.68. The summed E-state index contributed by atoms with van der Waals surface area (Å²) in [7, 11) is 0. The number of urea groups is 1. The van der Waals surface area contributed by atoms with E-state index in [4.69, 9.17) is 10.2 Å². The maximum absolute atomic E-state index is 11.4. The van der Waals surface area contributed by atoms with Crippen LogP contribution in [-0.2, 0) is 4.79 Å². The van der Waals surface area contributed by atoms with Crippen molar-refractivity contribution in [3.63, 3.8) is 0 Å². The third kappa shape index (κ3) is 4.24. The minimum atomic E-state index is -1.45. The second-order valence-electron chi connectivity index (χ2n) is 3.48. The molecule has 1 aromatic carbocycles. The zero-order valence-corrected chi connectivity index (χ0v) is 9.57. The number of aliphatic hydroxyl groups is 1. The highest BCUT2D eigenvalue weighted by atomic mass is 16.6. The number of carbonyl (C=O) groups excluding carboxylic acids is 1. The number of carboxylic acids is 1. The van der Waals surface area contributed by atoms with Crippen molar-refractivity contribution >= 4 is 23.4 Å². The molecule has 9 heteroatoms. The van der Waals surface area contributed by atoms with Crippen molar-refractivity contribution in [1.29, 1.82) is 0 Å². The van der Waals surface area contributed by atoms with Gasteiger partial charge in [-0.25, -0.2) is 9.59 Å². The number of non-ortho nitro benzene ring substituents is 1. The van der Waals surface area contributed by atoms with Gasteiger partial charge in [0.05, 0.1) is 11.5 Å². The number of amides is 2. The molecule has 4 N–H and O–H groups in total. The van der Waals surface area contributed by atoms with E-state index in [1.165, 1.54) is 18.2 Å². The molecule has 0 aliphatic heterocycles. The molecular formula is C10H11N3O6. The molecule has 9 nitrogen and oxygen atoms in total. The van der Waals surface area contributed by atoms with Crippen LogP contribution in [0.1, 0.15) is 0 Å². The molecule has 0 bridgehead atoms. The van der Waals surface area contributed by atoms with Gasteiger partial charge in [-0.05, 0) is 6.07 Å². The number of carbonyl (C=O) groups is 2. The summed E-state index contributed by atoms with van der Waals surface area (Å²) >= 11 is 0. The highest BCUT2D eigenvalue weighted by Crippen LogP contribution is 2.16. The number of aliphatic carboxylic acids is 1. The van der Waals surface area contributed by atoms with Crippen molar-refractivity contribution in [3.05, 3.63) is 34.4 Å². The van der Waals surface area contributed by atoms with E-state index >= 15 is 0 Å². The summed E-state index contributed by atoms with van der Waals surface area (Å²) in [6.45, 7) is -0.766. The van der Waals surface area contributed by atoms with Crippen LogP contribution in [0, 0.1) is 10.1 Å². The van der Waals surface area contributed by atoms with E-state index in [2.05, 4.69) is 5.32 Å². The van der Waals surface area contributed by atoms with E-state index in [0.717, 1.165) is 6.07 Å². The number of nitro benzene ring substituents is 1. The largest absolute Gasteiger partial charge is 0.480 e. The number of hydrogen-bond donors (Lipinski definition) is 4. The Morgan fingerprint density at radius 2 is 2.11 bits per heavy atom. The molecule has 0 saturated carbocycles. The number of carboxylic acid groups (broad SMARTS) is 1. The van der Waals surface area contributed by atoms with Crippen LogP contribution in [0.15, 0.2) is 24.3 Å². The molecule has 0 radical (unpaired) electrons. The zero-order valence-electron chi connectivity index (χ0n) is 9.57. The van der Waals surface area contributed by atoms with Crippen LogP contribution in [0.2, 0.25) is 0 Å². The third-order valence-corrected chi connectivity index (χ3v) is 2.10. The molecule has 0 spiro atoms. The van der Waals surface area contributed by atoms with Crippen LogP contribution < -0.4 is 10.6 Å². The first kappa shape index (κ1) is 14.4. The highest BCUT2D eigenvalue weighted by Gasteiger charge is 2.18. The Kier molecular flexibility index (Phi) is 4.77. The standard InChI is InChI=1S/C10H11N3O6/c14-5-8(9(15)16)12-10(17)11-6-2-1-3-7(4-6)13(18)19/h1-4,8,14H,5H2,(H,15,16)(H2,11,12,17). The van der Waals surface area contributed by atoms with Gasteiger partial charge in [0, 0.05) is 17.8 Å². The maximum atomic E-state index is 11.4. The van der Waals surface area contributed by atoms with E-state index in [9.17, 15) is 19.7 Å². The van der Waals surface area contributed by atoms with E-state index < -0.39 is 29.6 Å². The first-order valence-corrected chi connectivity index (χ1v) is 5.09. The molecular weight excluding hydrogens is 258 g/mol. The van der Waals surface area contributed by atoms with Gasteiger partial charge in [-0.1, -0.05) is 6.07 Å². The van der Waals surface area contributed by atoms with E-state index in [1.807, 2.05) is 5.32 Å². The first-order chi connectivity index (χ1) is 8.93. The van der Waals surface area contributed by atoms with Gasteiger partial charge in [-0.15, -0.1) is 0 Å². The minimum Gasteiger partial charge on any atom is -0.480 e. The quantitative estimate of drug-likeness (QED) is 0.443. The van der Waals surface area contributed by atoms with Gasteiger partial charge in [-0.3, -0.25) is 10.1 Å². The van der Waals surface area contributed by atoms with Gasteiger partial charge >= 0.3 is 12.0 Å². The van der Waals surface area contributed by atoms with Crippen LogP contribution in [0.25, 0.3) is 0 Å². The molecule has 0 saturated heterocycles. The summed E-state index contributed by atoms with van der Waals surface area (Å²) in [5.74, 6) is -1.39. The number of benzene rings is 1. The van der Waals surface area contributed by atoms with Crippen LogP contribution in [0.4, 0.5) is 16.2 Å². The fourth-order valence-corrected chi connectivity index (χ4v) is 1.21. The van der Waals surface area contributed by atoms with Crippen molar-refractivity contribution in [1.82, 2.24) is 5.32 Å². The second-order valence-corrected chi connectivity index (χ2v) is 3.48. The van der Waals surface area contributed by atoms with Gasteiger partial charge in [0.15, 0.2) is 6.04 Å². The maximum Gasteiger partial charge on any atom is 0.328 e. The van der Waals surface area contributed by atoms with Crippen LogP contribution >= 0.6 is 0 Å². The van der Waals surface area contributed by atoms with Gasteiger partial charge in [0.25, 0.3) is 5.69 Å². The number of aliphatic hydroxyl groups excluding tert-OH is 1. The van der Waals surface area contributed by atoms with E-state index in [0.29, 0.717) is 0 Å². The van der Waals surface area contributed by atoms with Crippen molar-refractivity contribution in [2.24, 2.45) is 0 Å². The predicted molar refractivity (Wildman–Crippen MR) is 63.8 cm³/mol. The average molecular weight is 269 g/mol. The minimum absolute atomic E-state index is 0.133. The monoisotopic (exact) mass is 269 g/mol. The Morgan fingerprint density at radius 3 is 2.63 bits per heavy atom. The van der Waals surface area contributed by atoms with Gasteiger partial charge in [0.2, 0.25) is 0 Å². The molecule has 1 aromatic rings. The average Bonchev–Trinajstić information content (AvgIpc) is 2.35. The smallest absolute Gasteiger partial charge is 0.328 e. The lowest BCUT2D eigenvalue weighted by Gasteiger charge is -2.12. The lowest BCUT2D eigenvalue weighted by atomic mass is 10.3. The molecule has 0 aliphatic carbocycles. The number of nitro groups is 1. The molecule has 2 amide bonds. The topological polar surface area (TPSA) is 142 Å². The van der Waals surface area contributed by atoms with E-state index in [-0.39, 0.29) is 11.4 Å². The molecule has 0 heterocycles. The lowest BCUT2D eigenvalue weighted by molar-refractivity contribution is -0.384. The highest BCUT2D eigenvalue weighted by molar-refractivity contribution is 5.92. The van der Waals surface area contributed by atoms with Gasteiger partial charge < -0.3 is 20.8 Å². The molecule has 1 unspecified atom stereocenters. The number of rotatable bonds is 5. The normalized spacial score (nSPS) is 11.4. The van der Waals surface area contributed by atoms with Crippen molar-refractivity contribution < 1.29 is 24.7 Å². The summed E-state index contributed by atoms with van der Waals surface area (Å²) in [6.07, 6.45) is 0. The summed E-state index contributed by atoms with van der Waals surface area (Å²) < 4.78 is 0. The second kappa shape index (κ2) is 6.31. The summed E-state index contributed by atoms with van der Waals surface area (Å²) in [5, 5.41) is 32.1. The van der Waals surface area contributed by atoms with Crippen molar-refractivity contribution in [3.8, 4) is 0 Å². The first-order valence-electron chi connectivity index (χ1n) is 5.09. The molecule has 0 aliphatic rings. The van der Waals surface area contributed by atoms with Crippen LogP contribution in [-0.4, -0.2) is 39.8 Å². The fraction of sp³-hybridized carbons (Fsp3) is 0.200. The zero-order chi connectivity index (χ0) is 14.4. The van der Waals surface area contributed by atoms with E-state index in [1.54, 1.807) is 0 Å². The number of hydrogen-bond acceptors (Lipinski definition) is 5. The summed E-state index contributed by atoms with van der Waals surface area (Å²) in [5.41, 5.74) is -0.0801. The Labute approximate surface area is 107 Å².